The molecule has 0 aliphatic carbocycles. The van der Waals surface area contributed by atoms with Crippen molar-refractivity contribution < 1.29 is 0 Å². The first-order chi connectivity index (χ1) is 6.77. The number of nitrogens with zero attached hydrogens (tertiary/aromatic N) is 1. The Hall–Kier alpha value is -1.57. The van der Waals surface area contributed by atoms with E-state index < -0.39 is 0 Å². The zero-order valence-electron chi connectivity index (χ0n) is 8.91. The van der Waals surface area contributed by atoms with E-state index in [0.29, 0.717) is 0 Å². The first-order valence-electron chi connectivity index (χ1n) is 4.88. The summed E-state index contributed by atoms with van der Waals surface area (Å²) in [5, 5.41) is 1.04. The summed E-state index contributed by atoms with van der Waals surface area (Å²) >= 11 is 0. The Kier molecular flexibility index (Phi) is 3.46. The van der Waals surface area contributed by atoms with Crippen molar-refractivity contribution in [2.24, 2.45) is 0 Å². The van der Waals surface area contributed by atoms with Gasteiger partial charge >= 0.3 is 0 Å². The number of nitrogen functional groups attached to an aromatic ring is 1. The summed E-state index contributed by atoms with van der Waals surface area (Å²) in [5.74, 6) is 0. The van der Waals surface area contributed by atoms with E-state index in [1.54, 1.807) is 6.20 Å². The fourth-order valence-electron chi connectivity index (χ4n) is 1.28. The van der Waals surface area contributed by atoms with E-state index in [4.69, 9.17) is 5.73 Å². The van der Waals surface area contributed by atoms with Gasteiger partial charge in [-0.05, 0) is 25.1 Å². The number of nitrogens with two attached hydrogens (primary N) is 1. The predicted molar refractivity (Wildman–Crippen MR) is 62.2 cm³/mol. The van der Waals surface area contributed by atoms with Crippen LogP contribution in [0.2, 0.25) is 0 Å². The highest BCUT2D eigenvalue weighted by atomic mass is 14.7. The summed E-state index contributed by atoms with van der Waals surface area (Å²) in [6, 6.07) is 7.90. The number of aryl methyl sites for hydroxylation is 1. The second kappa shape index (κ2) is 4.61. The van der Waals surface area contributed by atoms with Crippen LogP contribution in [0.1, 0.15) is 19.4 Å². The summed E-state index contributed by atoms with van der Waals surface area (Å²) in [6.07, 6.45) is 1.73. The van der Waals surface area contributed by atoms with Crippen molar-refractivity contribution in [3.05, 3.63) is 36.0 Å². The van der Waals surface area contributed by atoms with E-state index >= 15 is 0 Å². The van der Waals surface area contributed by atoms with E-state index in [9.17, 15) is 0 Å². The largest absolute Gasteiger partial charge is 0.398 e. The minimum atomic E-state index is 0.795. The molecule has 2 rings (SSSR count). The Morgan fingerprint density at radius 3 is 2.57 bits per heavy atom. The second-order valence-corrected chi connectivity index (χ2v) is 2.92. The maximum atomic E-state index is 5.79. The van der Waals surface area contributed by atoms with Gasteiger partial charge in [0.15, 0.2) is 0 Å². The lowest BCUT2D eigenvalue weighted by Crippen LogP contribution is -1.88. The van der Waals surface area contributed by atoms with Crippen molar-refractivity contribution in [2.45, 2.75) is 20.8 Å². The normalized spacial score (nSPS) is 9.36. The minimum absolute atomic E-state index is 0.795. The summed E-state index contributed by atoms with van der Waals surface area (Å²) in [4.78, 5) is 4.20. The monoisotopic (exact) mass is 188 g/mol. The van der Waals surface area contributed by atoms with Gasteiger partial charge in [0.25, 0.3) is 0 Å². The quantitative estimate of drug-likeness (QED) is 0.689. The number of rotatable bonds is 0. The summed E-state index contributed by atoms with van der Waals surface area (Å²) < 4.78 is 0. The molecule has 0 unspecified atom stereocenters. The number of hydrogen-bond donors (Lipinski definition) is 1. The highest BCUT2D eigenvalue weighted by Crippen LogP contribution is 2.19. The lowest BCUT2D eigenvalue weighted by Gasteiger charge is -2.00. The molecule has 14 heavy (non-hydrogen) atoms. The van der Waals surface area contributed by atoms with Crippen molar-refractivity contribution in [1.29, 1.82) is 0 Å². The molecule has 0 amide bonds. The van der Waals surface area contributed by atoms with Crippen molar-refractivity contribution in [2.75, 3.05) is 5.73 Å². The molecule has 74 valence electrons. The Morgan fingerprint density at radius 2 is 1.86 bits per heavy atom. The van der Waals surface area contributed by atoms with Gasteiger partial charge in [-0.3, -0.25) is 4.98 Å². The van der Waals surface area contributed by atoms with Gasteiger partial charge in [0.05, 0.1) is 5.52 Å². The van der Waals surface area contributed by atoms with Crippen LogP contribution in [0, 0.1) is 6.92 Å². The first kappa shape index (κ1) is 10.5. The molecule has 0 radical (unpaired) electrons. The van der Waals surface area contributed by atoms with Crippen LogP contribution in [0.25, 0.3) is 10.9 Å². The number of fused-ring (bicyclic) bond motifs is 1. The van der Waals surface area contributed by atoms with Gasteiger partial charge in [0.1, 0.15) is 0 Å². The molecule has 0 fully saturated rings. The van der Waals surface area contributed by atoms with Gasteiger partial charge in [0.2, 0.25) is 0 Å². The zero-order chi connectivity index (χ0) is 10.6. The average molecular weight is 188 g/mol. The molecule has 1 aromatic heterocycles. The topological polar surface area (TPSA) is 38.9 Å². The molecule has 0 aliphatic heterocycles. The Labute approximate surface area is 84.8 Å². The molecule has 0 aliphatic rings. The molecular formula is C12H16N2. The minimum Gasteiger partial charge on any atom is -0.398 e. The molecule has 0 bridgehead atoms. The molecule has 0 atom stereocenters. The van der Waals surface area contributed by atoms with E-state index in [2.05, 4.69) is 11.1 Å². The summed E-state index contributed by atoms with van der Waals surface area (Å²) in [5.41, 5.74) is 8.75. The van der Waals surface area contributed by atoms with Crippen LogP contribution >= 0.6 is 0 Å². The third-order valence-electron chi connectivity index (χ3n) is 1.93. The van der Waals surface area contributed by atoms with Crippen LogP contribution in [-0.2, 0) is 0 Å². The van der Waals surface area contributed by atoms with E-state index in [1.807, 2.05) is 39.0 Å². The fourth-order valence-corrected chi connectivity index (χ4v) is 1.28. The number of hydrogen-bond acceptors (Lipinski definition) is 2. The maximum Gasteiger partial charge on any atom is 0.0722 e. The first-order valence-corrected chi connectivity index (χ1v) is 4.88. The molecule has 0 saturated carbocycles. The molecule has 0 spiro atoms. The van der Waals surface area contributed by atoms with E-state index in [-0.39, 0.29) is 0 Å². The van der Waals surface area contributed by atoms with Crippen LogP contribution in [0.5, 0.6) is 0 Å². The van der Waals surface area contributed by atoms with Crippen molar-refractivity contribution in [1.82, 2.24) is 4.98 Å². The van der Waals surface area contributed by atoms with Gasteiger partial charge in [-0.1, -0.05) is 25.5 Å². The number of aromatic nitrogens is 1. The van der Waals surface area contributed by atoms with Crippen LogP contribution in [0.15, 0.2) is 30.5 Å². The molecule has 2 heteroatoms. The highest BCUT2D eigenvalue weighted by Gasteiger charge is 1.97. The smallest absolute Gasteiger partial charge is 0.0722 e. The Morgan fingerprint density at radius 1 is 1.14 bits per heavy atom. The summed E-state index contributed by atoms with van der Waals surface area (Å²) in [6.45, 7) is 6.05. The van der Waals surface area contributed by atoms with E-state index in [0.717, 1.165) is 16.6 Å². The highest BCUT2D eigenvalue weighted by molar-refractivity contribution is 5.90. The third kappa shape index (κ3) is 2.02. The lowest BCUT2D eigenvalue weighted by molar-refractivity contribution is 1.39. The average Bonchev–Trinajstić information content (AvgIpc) is 2.22. The van der Waals surface area contributed by atoms with Gasteiger partial charge in [-0.2, -0.15) is 0 Å². The van der Waals surface area contributed by atoms with Crippen LogP contribution in [0.4, 0.5) is 5.69 Å². The Bertz CT molecular complexity index is 422. The van der Waals surface area contributed by atoms with Crippen LogP contribution in [0.3, 0.4) is 0 Å². The number of benzene rings is 1. The predicted octanol–water partition coefficient (Wildman–Crippen LogP) is 3.15. The molecule has 2 nitrogen and oxygen atoms in total. The van der Waals surface area contributed by atoms with Gasteiger partial charge < -0.3 is 5.73 Å². The summed E-state index contributed by atoms with van der Waals surface area (Å²) in [7, 11) is 0. The molecule has 1 aromatic carbocycles. The van der Waals surface area contributed by atoms with Gasteiger partial charge in [-0.25, -0.2) is 0 Å². The molecular weight excluding hydrogens is 172 g/mol. The fraction of sp³-hybridized carbons (Fsp3) is 0.250. The van der Waals surface area contributed by atoms with Gasteiger partial charge in [-0.15, -0.1) is 0 Å². The van der Waals surface area contributed by atoms with Gasteiger partial charge in [0, 0.05) is 17.3 Å². The maximum absolute atomic E-state index is 5.79. The Balaban J connectivity index is 0.000000461. The standard InChI is InChI=1S/C10H10N2.C2H6/c1-7-2-3-10-8(6-7)9(11)4-5-12-10;1-2/h2-6H,1H3,(H2,11,12);1-2H3. The lowest BCUT2D eigenvalue weighted by atomic mass is 10.1. The van der Waals surface area contributed by atoms with Crippen molar-refractivity contribution in [3.63, 3.8) is 0 Å². The molecule has 0 saturated heterocycles. The molecule has 1 heterocycles. The number of anilines is 1. The second-order valence-electron chi connectivity index (χ2n) is 2.92. The SMILES string of the molecule is CC.Cc1ccc2nccc(N)c2c1. The molecule has 2 N–H and O–H groups in total. The zero-order valence-corrected chi connectivity index (χ0v) is 8.91. The van der Waals surface area contributed by atoms with Crippen LogP contribution in [-0.4, -0.2) is 4.98 Å². The van der Waals surface area contributed by atoms with Crippen LogP contribution < -0.4 is 5.73 Å². The third-order valence-corrected chi connectivity index (χ3v) is 1.93. The molecule has 2 aromatic rings. The van der Waals surface area contributed by atoms with E-state index in [1.165, 1.54) is 5.56 Å². The number of pyridine rings is 1. The van der Waals surface area contributed by atoms with Crippen molar-refractivity contribution in [3.8, 4) is 0 Å². The van der Waals surface area contributed by atoms with Crippen molar-refractivity contribution >= 4 is 16.6 Å².